The topological polar surface area (TPSA) is 93.1 Å². The van der Waals surface area contributed by atoms with Crippen molar-refractivity contribution in [3.63, 3.8) is 0 Å². The maximum absolute atomic E-state index is 12.1. The zero-order valence-electron chi connectivity index (χ0n) is 28.5. The van der Waals surface area contributed by atoms with Gasteiger partial charge in [0.2, 0.25) is 0 Å². The molecule has 0 fully saturated rings. The lowest BCUT2D eigenvalue weighted by atomic mass is 10.0. The van der Waals surface area contributed by atoms with Gasteiger partial charge < -0.3 is 19.7 Å². The number of hydrogen-bond acceptors (Lipinski definition) is 6. The monoisotopic (exact) mass is 621 g/mol. The minimum atomic E-state index is -0.838. The zero-order valence-corrected chi connectivity index (χ0v) is 28.5. The molecule has 0 aliphatic rings. The van der Waals surface area contributed by atoms with E-state index in [1.807, 2.05) is 12.2 Å². The van der Waals surface area contributed by atoms with Crippen LogP contribution < -0.4 is 0 Å². The van der Waals surface area contributed by atoms with Gasteiger partial charge in [-0.3, -0.25) is 9.59 Å². The highest BCUT2D eigenvalue weighted by atomic mass is 16.6. The maximum Gasteiger partial charge on any atom is 0.306 e. The van der Waals surface area contributed by atoms with E-state index in [1.54, 1.807) is 6.08 Å². The van der Waals surface area contributed by atoms with Crippen LogP contribution in [-0.4, -0.2) is 47.6 Å². The number of rotatable bonds is 32. The van der Waals surface area contributed by atoms with Crippen LogP contribution in [0.3, 0.4) is 0 Å². The number of allylic oxidation sites excluding steroid dienone is 5. The van der Waals surface area contributed by atoms with Crippen LogP contribution >= 0.6 is 0 Å². The first-order chi connectivity index (χ1) is 21.5. The molecular formula is C38H68O6. The third kappa shape index (κ3) is 31.5. The molecule has 0 heterocycles. The van der Waals surface area contributed by atoms with Crippen LogP contribution in [-0.2, 0) is 19.1 Å². The van der Waals surface area contributed by atoms with Gasteiger partial charge in [-0.1, -0.05) is 153 Å². The molecule has 0 saturated heterocycles. The van der Waals surface area contributed by atoms with Gasteiger partial charge in [-0.25, -0.2) is 0 Å². The van der Waals surface area contributed by atoms with Crippen LogP contribution in [0.2, 0.25) is 0 Å². The van der Waals surface area contributed by atoms with Crippen LogP contribution in [0, 0.1) is 0 Å². The average molecular weight is 621 g/mol. The normalized spacial score (nSPS) is 13.3. The number of unbranched alkanes of at least 4 members (excludes halogenated alkanes) is 17. The summed E-state index contributed by atoms with van der Waals surface area (Å²) in [7, 11) is 0. The highest BCUT2D eigenvalue weighted by Gasteiger charge is 2.16. The quantitative estimate of drug-likeness (QED) is 0.0336. The van der Waals surface area contributed by atoms with Gasteiger partial charge in [0.15, 0.2) is 6.10 Å². The highest BCUT2D eigenvalue weighted by molar-refractivity contribution is 5.70. The Kier molecular flexibility index (Phi) is 32.5. The fourth-order valence-electron chi connectivity index (χ4n) is 4.97. The summed E-state index contributed by atoms with van der Waals surface area (Å²) in [5.74, 6) is -0.787. The molecule has 1 unspecified atom stereocenters. The number of hydrogen-bond donors (Lipinski definition) is 2. The summed E-state index contributed by atoms with van der Waals surface area (Å²) < 4.78 is 10.5. The molecule has 6 nitrogen and oxygen atoms in total. The molecule has 256 valence electrons. The SMILES string of the molecule is CCCCCCCC/C=C/C/C=C/C=C/C(O)CCCC(=O)OC[C@H](CO)OC(=O)CCCCCCCCCCCCCC. The van der Waals surface area contributed by atoms with E-state index in [-0.39, 0.29) is 25.6 Å². The maximum atomic E-state index is 12.1. The predicted molar refractivity (Wildman–Crippen MR) is 184 cm³/mol. The van der Waals surface area contributed by atoms with Gasteiger partial charge in [-0.05, 0) is 38.5 Å². The Morgan fingerprint density at radius 1 is 0.636 bits per heavy atom. The molecule has 6 heteroatoms. The van der Waals surface area contributed by atoms with Crippen molar-refractivity contribution in [3.8, 4) is 0 Å². The van der Waals surface area contributed by atoms with E-state index < -0.39 is 18.2 Å². The number of ether oxygens (including phenoxy) is 2. The molecule has 0 aromatic rings. The summed E-state index contributed by atoms with van der Waals surface area (Å²) in [5, 5.41) is 19.6. The number of aliphatic hydroxyl groups is 2. The molecule has 0 spiro atoms. The molecule has 2 atom stereocenters. The fourth-order valence-corrected chi connectivity index (χ4v) is 4.97. The third-order valence-electron chi connectivity index (χ3n) is 7.79. The van der Waals surface area contributed by atoms with Crippen LogP contribution in [0.15, 0.2) is 36.5 Å². The van der Waals surface area contributed by atoms with Gasteiger partial charge in [-0.15, -0.1) is 0 Å². The molecule has 0 radical (unpaired) electrons. The van der Waals surface area contributed by atoms with Crippen molar-refractivity contribution in [1.82, 2.24) is 0 Å². The van der Waals surface area contributed by atoms with E-state index in [2.05, 4.69) is 32.1 Å². The molecule has 2 N–H and O–H groups in total. The van der Waals surface area contributed by atoms with Gasteiger partial charge in [0.1, 0.15) is 6.61 Å². The lowest BCUT2D eigenvalue weighted by Crippen LogP contribution is -2.28. The van der Waals surface area contributed by atoms with Crippen molar-refractivity contribution >= 4 is 11.9 Å². The van der Waals surface area contributed by atoms with Crippen LogP contribution in [0.4, 0.5) is 0 Å². The summed E-state index contributed by atoms with van der Waals surface area (Å²) in [5.41, 5.74) is 0. The number of carbonyl (C=O) groups excluding carboxylic acids is 2. The Morgan fingerprint density at radius 2 is 1.18 bits per heavy atom. The average Bonchev–Trinajstić information content (AvgIpc) is 3.02. The first-order valence-electron chi connectivity index (χ1n) is 18.2. The molecule has 0 saturated carbocycles. The van der Waals surface area contributed by atoms with E-state index in [9.17, 15) is 19.8 Å². The largest absolute Gasteiger partial charge is 0.462 e. The standard InChI is InChI=1S/C38H68O6/c1-3-5-7-9-11-13-15-17-18-20-22-24-26-29-35(40)30-28-32-37(41)43-34-36(33-39)44-38(42)31-27-25-23-21-19-16-14-12-10-8-6-4-2/h17-18,22,24,26,29,35-36,39-40H,3-16,19-21,23,25,27-28,30-34H2,1-2H3/b18-17+,24-22+,29-26+/t35?,36-/m0/s1. The molecule has 44 heavy (non-hydrogen) atoms. The van der Waals surface area contributed by atoms with Crippen molar-refractivity contribution < 1.29 is 29.3 Å². The minimum Gasteiger partial charge on any atom is -0.462 e. The van der Waals surface area contributed by atoms with E-state index in [0.29, 0.717) is 19.3 Å². The van der Waals surface area contributed by atoms with Crippen LogP contribution in [0.25, 0.3) is 0 Å². The van der Waals surface area contributed by atoms with E-state index in [0.717, 1.165) is 32.1 Å². The molecule has 0 amide bonds. The summed E-state index contributed by atoms with van der Waals surface area (Å²) >= 11 is 0. The summed E-state index contributed by atoms with van der Waals surface area (Å²) in [4.78, 5) is 24.2. The molecule has 0 aromatic heterocycles. The Hall–Kier alpha value is -1.92. The summed E-state index contributed by atoms with van der Waals surface area (Å²) in [6, 6.07) is 0. The minimum absolute atomic E-state index is 0.153. The second-order valence-electron chi connectivity index (χ2n) is 12.2. The summed E-state index contributed by atoms with van der Waals surface area (Å²) in [6.07, 6.45) is 36.6. The Labute approximate surface area is 270 Å². The van der Waals surface area contributed by atoms with Gasteiger partial charge >= 0.3 is 11.9 Å². The van der Waals surface area contributed by atoms with Gasteiger partial charge in [-0.2, -0.15) is 0 Å². The van der Waals surface area contributed by atoms with Crippen LogP contribution in [0.5, 0.6) is 0 Å². The Balaban J connectivity index is 3.78. The molecule has 0 aliphatic carbocycles. The van der Waals surface area contributed by atoms with Crippen LogP contribution in [0.1, 0.15) is 168 Å². The first kappa shape index (κ1) is 42.1. The fraction of sp³-hybridized carbons (Fsp3) is 0.789. The Morgan fingerprint density at radius 3 is 1.77 bits per heavy atom. The highest BCUT2D eigenvalue weighted by Crippen LogP contribution is 2.13. The Bertz CT molecular complexity index is 729. The first-order valence-corrected chi connectivity index (χ1v) is 18.2. The molecule has 0 rings (SSSR count). The lowest BCUT2D eigenvalue weighted by Gasteiger charge is -2.16. The second kappa shape index (κ2) is 34.0. The summed E-state index contributed by atoms with van der Waals surface area (Å²) in [6.45, 7) is 3.95. The number of aliphatic hydroxyl groups excluding tert-OH is 2. The van der Waals surface area contributed by atoms with Crippen molar-refractivity contribution in [2.75, 3.05) is 13.2 Å². The van der Waals surface area contributed by atoms with Crippen molar-refractivity contribution in [2.45, 2.75) is 180 Å². The van der Waals surface area contributed by atoms with E-state index in [4.69, 9.17) is 9.47 Å². The number of esters is 2. The zero-order chi connectivity index (χ0) is 32.4. The van der Waals surface area contributed by atoms with E-state index in [1.165, 1.54) is 96.3 Å². The van der Waals surface area contributed by atoms with Crippen molar-refractivity contribution in [3.05, 3.63) is 36.5 Å². The lowest BCUT2D eigenvalue weighted by molar-refractivity contribution is -0.161. The molecule has 0 aliphatic heterocycles. The van der Waals surface area contributed by atoms with Crippen molar-refractivity contribution in [2.24, 2.45) is 0 Å². The smallest absolute Gasteiger partial charge is 0.306 e. The second-order valence-corrected chi connectivity index (χ2v) is 12.2. The number of carbonyl (C=O) groups is 2. The van der Waals surface area contributed by atoms with Gasteiger partial charge in [0.05, 0.1) is 12.7 Å². The van der Waals surface area contributed by atoms with Gasteiger partial charge in [0, 0.05) is 12.8 Å². The third-order valence-corrected chi connectivity index (χ3v) is 7.79. The van der Waals surface area contributed by atoms with Gasteiger partial charge in [0.25, 0.3) is 0 Å². The molecule has 0 aromatic carbocycles. The molecular weight excluding hydrogens is 552 g/mol. The van der Waals surface area contributed by atoms with E-state index >= 15 is 0 Å². The van der Waals surface area contributed by atoms with Crippen molar-refractivity contribution in [1.29, 1.82) is 0 Å². The predicted octanol–water partition coefficient (Wildman–Crippen LogP) is 9.87. The molecule has 0 bridgehead atoms.